The molecule has 0 spiro atoms. The molecule has 3 aliphatic heterocycles. The highest BCUT2D eigenvalue weighted by Gasteiger charge is 2.63. The van der Waals surface area contributed by atoms with E-state index in [-0.39, 0.29) is 23.6 Å². The fourth-order valence-corrected chi connectivity index (χ4v) is 3.98. The maximum Gasteiger partial charge on any atom is 0.235 e. The summed E-state index contributed by atoms with van der Waals surface area (Å²) in [6.45, 7) is 2.11. The van der Waals surface area contributed by atoms with E-state index >= 15 is 0 Å². The number of imide groups is 1. The number of fused-ring (bicyclic) bond motifs is 3. The van der Waals surface area contributed by atoms with Gasteiger partial charge in [-0.15, -0.1) is 0 Å². The standard InChI is InChI=1S/C18H17N3O3/c1-2-20-17(23)13-12-9-6-10-19-21(12)15(14(13)18(20)24)16(22)11-7-4-3-5-8-11/h3-10,12-15H,2H2,1H3/t12-,13-,14-,15+/m1/s1. The van der Waals surface area contributed by atoms with Crippen LogP contribution in [0.3, 0.4) is 0 Å². The second-order valence-electron chi connectivity index (χ2n) is 6.17. The Morgan fingerprint density at radius 1 is 1.12 bits per heavy atom. The topological polar surface area (TPSA) is 70.1 Å². The van der Waals surface area contributed by atoms with Crippen molar-refractivity contribution in [2.24, 2.45) is 16.9 Å². The summed E-state index contributed by atoms with van der Waals surface area (Å²) in [6, 6.07) is 7.79. The van der Waals surface area contributed by atoms with E-state index in [0.717, 1.165) is 0 Å². The Bertz CT molecular complexity index is 771. The van der Waals surface area contributed by atoms with Gasteiger partial charge in [-0.05, 0) is 13.0 Å². The minimum atomic E-state index is -0.739. The van der Waals surface area contributed by atoms with Crippen LogP contribution in [0, 0.1) is 11.8 Å². The van der Waals surface area contributed by atoms with Crippen LogP contribution < -0.4 is 0 Å². The number of hydrogen-bond donors (Lipinski definition) is 0. The van der Waals surface area contributed by atoms with Gasteiger partial charge in [-0.3, -0.25) is 24.3 Å². The van der Waals surface area contributed by atoms with Crippen LogP contribution in [0.4, 0.5) is 0 Å². The maximum absolute atomic E-state index is 13.1. The number of likely N-dealkylation sites (tertiary alicyclic amines) is 1. The summed E-state index contributed by atoms with van der Waals surface area (Å²) in [6.07, 6.45) is 5.21. The van der Waals surface area contributed by atoms with Gasteiger partial charge in [-0.1, -0.05) is 36.4 Å². The predicted molar refractivity (Wildman–Crippen MR) is 87.2 cm³/mol. The zero-order valence-corrected chi connectivity index (χ0v) is 13.2. The molecule has 122 valence electrons. The molecule has 0 radical (unpaired) electrons. The first-order valence-electron chi connectivity index (χ1n) is 8.08. The second-order valence-corrected chi connectivity index (χ2v) is 6.17. The predicted octanol–water partition coefficient (Wildman–Crippen LogP) is 1.10. The number of hydrogen-bond acceptors (Lipinski definition) is 5. The van der Waals surface area contributed by atoms with Gasteiger partial charge in [0.25, 0.3) is 0 Å². The molecule has 6 nitrogen and oxygen atoms in total. The van der Waals surface area contributed by atoms with E-state index in [9.17, 15) is 14.4 Å². The average Bonchev–Trinajstić information content (AvgIpc) is 3.08. The van der Waals surface area contributed by atoms with E-state index < -0.39 is 17.9 Å². The Morgan fingerprint density at radius 2 is 1.83 bits per heavy atom. The quantitative estimate of drug-likeness (QED) is 0.617. The molecule has 6 heteroatoms. The van der Waals surface area contributed by atoms with Crippen molar-refractivity contribution in [1.29, 1.82) is 0 Å². The number of carbonyl (C=O) groups excluding carboxylic acids is 3. The second kappa shape index (κ2) is 5.40. The van der Waals surface area contributed by atoms with Gasteiger partial charge in [0.2, 0.25) is 11.8 Å². The van der Waals surface area contributed by atoms with E-state index in [1.54, 1.807) is 48.5 Å². The molecule has 2 fully saturated rings. The number of carbonyl (C=O) groups is 3. The van der Waals surface area contributed by atoms with Crippen LogP contribution in [0.5, 0.6) is 0 Å². The van der Waals surface area contributed by atoms with Crippen LogP contribution >= 0.6 is 0 Å². The van der Waals surface area contributed by atoms with Gasteiger partial charge >= 0.3 is 0 Å². The number of rotatable bonds is 3. The summed E-state index contributed by atoms with van der Waals surface area (Å²) >= 11 is 0. The van der Waals surface area contributed by atoms with E-state index in [0.29, 0.717) is 12.1 Å². The summed E-state index contributed by atoms with van der Waals surface area (Å²) in [5, 5.41) is 5.93. The van der Waals surface area contributed by atoms with E-state index in [1.165, 1.54) is 4.90 Å². The van der Waals surface area contributed by atoms with Crippen LogP contribution in [0.1, 0.15) is 17.3 Å². The number of Topliss-reactive ketones (excluding diaryl/α,β-unsaturated/α-hetero) is 1. The van der Waals surface area contributed by atoms with Crippen molar-refractivity contribution < 1.29 is 14.4 Å². The van der Waals surface area contributed by atoms with Crippen LogP contribution in [0.15, 0.2) is 47.6 Å². The minimum Gasteiger partial charge on any atom is -0.292 e. The van der Waals surface area contributed by atoms with Gasteiger partial charge in [0.05, 0.1) is 17.9 Å². The van der Waals surface area contributed by atoms with Gasteiger partial charge in [-0.25, -0.2) is 0 Å². The summed E-state index contributed by atoms with van der Waals surface area (Å²) < 4.78 is 0. The van der Waals surface area contributed by atoms with Gasteiger partial charge in [0, 0.05) is 18.3 Å². The van der Waals surface area contributed by atoms with E-state index in [1.807, 2.05) is 12.1 Å². The highest BCUT2D eigenvalue weighted by molar-refractivity contribution is 6.11. The van der Waals surface area contributed by atoms with Crippen molar-refractivity contribution in [1.82, 2.24) is 9.91 Å². The lowest BCUT2D eigenvalue weighted by Gasteiger charge is -2.30. The molecule has 3 aliphatic rings. The van der Waals surface area contributed by atoms with Crippen molar-refractivity contribution in [2.45, 2.75) is 19.0 Å². The normalized spacial score (nSPS) is 30.7. The van der Waals surface area contributed by atoms with Gasteiger partial charge in [-0.2, -0.15) is 5.10 Å². The third-order valence-corrected chi connectivity index (χ3v) is 5.03. The first kappa shape index (κ1) is 14.8. The average molecular weight is 323 g/mol. The smallest absolute Gasteiger partial charge is 0.235 e. The molecule has 0 aliphatic carbocycles. The first-order valence-corrected chi connectivity index (χ1v) is 8.08. The van der Waals surface area contributed by atoms with Gasteiger partial charge < -0.3 is 0 Å². The molecule has 4 rings (SSSR count). The lowest BCUT2D eigenvalue weighted by Crippen LogP contribution is -2.45. The summed E-state index contributed by atoms with van der Waals surface area (Å²) in [5.74, 6) is -1.84. The third kappa shape index (κ3) is 1.89. The fourth-order valence-electron chi connectivity index (χ4n) is 3.98. The third-order valence-electron chi connectivity index (χ3n) is 5.03. The molecule has 0 N–H and O–H groups in total. The summed E-state index contributed by atoms with van der Waals surface area (Å²) in [5.41, 5.74) is 0.529. The molecular formula is C18H17N3O3. The van der Waals surface area contributed by atoms with Gasteiger partial charge in [0.15, 0.2) is 5.78 Å². The fraction of sp³-hybridized carbons (Fsp3) is 0.333. The number of benzene rings is 1. The molecule has 2 saturated heterocycles. The Hall–Kier alpha value is -2.76. The molecule has 1 aromatic rings. The monoisotopic (exact) mass is 323 g/mol. The van der Waals surface area contributed by atoms with Gasteiger partial charge in [0.1, 0.15) is 6.04 Å². The SMILES string of the molecule is CCN1C(=O)[C@@H]2[C@H](C1=O)[C@H]1C=CC=NN1[C@@H]2C(=O)c1ccccc1. The molecule has 0 aromatic heterocycles. The van der Waals surface area contributed by atoms with Crippen molar-refractivity contribution >= 4 is 23.8 Å². The molecule has 24 heavy (non-hydrogen) atoms. The van der Waals surface area contributed by atoms with Crippen molar-refractivity contribution in [2.75, 3.05) is 6.54 Å². The zero-order valence-electron chi connectivity index (χ0n) is 13.2. The van der Waals surface area contributed by atoms with Crippen molar-refractivity contribution in [3.05, 3.63) is 48.0 Å². The largest absolute Gasteiger partial charge is 0.292 e. The highest BCUT2D eigenvalue weighted by Crippen LogP contribution is 2.44. The number of ketones is 1. The molecular weight excluding hydrogens is 306 g/mol. The van der Waals surface area contributed by atoms with Crippen molar-refractivity contribution in [3.63, 3.8) is 0 Å². The number of nitrogens with zero attached hydrogens (tertiary/aromatic N) is 3. The Balaban J connectivity index is 1.79. The highest BCUT2D eigenvalue weighted by atomic mass is 16.2. The lowest BCUT2D eigenvalue weighted by atomic mass is 9.86. The molecule has 3 heterocycles. The molecule has 2 amide bonds. The molecule has 1 aromatic carbocycles. The number of allylic oxidation sites excluding steroid dienone is 1. The molecule has 0 unspecified atom stereocenters. The van der Waals surface area contributed by atoms with Crippen molar-refractivity contribution in [3.8, 4) is 0 Å². The molecule has 4 atom stereocenters. The summed E-state index contributed by atoms with van der Waals surface area (Å²) in [4.78, 5) is 39.8. The Kier molecular flexibility index (Phi) is 3.33. The molecule has 0 saturated carbocycles. The van der Waals surface area contributed by atoms with E-state index in [2.05, 4.69) is 5.10 Å². The summed E-state index contributed by atoms with van der Waals surface area (Å²) in [7, 11) is 0. The Morgan fingerprint density at radius 3 is 2.54 bits per heavy atom. The van der Waals surface area contributed by atoms with Crippen LogP contribution in [-0.2, 0) is 9.59 Å². The number of amides is 2. The van der Waals surface area contributed by atoms with Crippen LogP contribution in [0.25, 0.3) is 0 Å². The number of hydrazone groups is 1. The van der Waals surface area contributed by atoms with Crippen LogP contribution in [0.2, 0.25) is 0 Å². The maximum atomic E-state index is 13.1. The Labute approximate surface area is 139 Å². The zero-order chi connectivity index (χ0) is 16.8. The lowest BCUT2D eigenvalue weighted by molar-refractivity contribution is -0.141. The molecule has 0 bridgehead atoms. The first-order chi connectivity index (χ1) is 11.6. The van der Waals surface area contributed by atoms with E-state index in [4.69, 9.17) is 0 Å². The minimum absolute atomic E-state index is 0.167. The van der Waals surface area contributed by atoms with Crippen LogP contribution in [-0.4, -0.2) is 52.3 Å².